The van der Waals surface area contributed by atoms with Crippen LogP contribution in [-0.4, -0.2) is 0 Å². The van der Waals surface area contributed by atoms with E-state index in [1.54, 1.807) is 18.4 Å². The molecule has 0 aliphatic heterocycles. The van der Waals surface area contributed by atoms with Gasteiger partial charge in [-0.15, -0.1) is 0 Å². The van der Waals surface area contributed by atoms with Crippen molar-refractivity contribution in [1.82, 2.24) is 5.32 Å². The molecule has 116 valence electrons. The molecule has 0 saturated heterocycles. The van der Waals surface area contributed by atoms with Crippen LogP contribution in [0.15, 0.2) is 57.6 Å². The fourth-order valence-electron chi connectivity index (χ4n) is 2.03. The highest BCUT2D eigenvalue weighted by atomic mass is 35.5. The highest BCUT2D eigenvalue weighted by molar-refractivity contribution is 6.36. The molecule has 3 rings (SSSR count). The van der Waals surface area contributed by atoms with Gasteiger partial charge >= 0.3 is 0 Å². The summed E-state index contributed by atoms with van der Waals surface area (Å²) in [6, 6.07) is 13.0. The van der Waals surface area contributed by atoms with Crippen LogP contribution >= 0.6 is 23.2 Å². The molecule has 0 saturated carbocycles. The monoisotopic (exact) mass is 356 g/mol. The molecule has 1 N–H and O–H groups in total. The van der Waals surface area contributed by atoms with Gasteiger partial charge in [-0.05, 0) is 42.5 Å². The van der Waals surface area contributed by atoms with Crippen molar-refractivity contribution < 1.29 is 21.2 Å². The maximum atomic E-state index is 6.17. The van der Waals surface area contributed by atoms with E-state index in [9.17, 15) is 0 Å². The van der Waals surface area contributed by atoms with E-state index in [1.807, 2.05) is 30.3 Å². The molecule has 0 radical (unpaired) electrons. The Morgan fingerprint density at radius 3 is 2.50 bits per heavy atom. The fourth-order valence-corrected chi connectivity index (χ4v) is 2.53. The first kappa shape index (κ1) is 17.0. The summed E-state index contributed by atoms with van der Waals surface area (Å²) in [5.41, 5.74) is 0.832. The second-order valence-corrected chi connectivity index (χ2v) is 5.42. The molecule has 22 heavy (non-hydrogen) atoms. The average molecular weight is 358 g/mol. The normalized spacial score (nSPS) is 10.5. The number of hydrogen-bond acceptors (Lipinski definition) is 3. The highest BCUT2D eigenvalue weighted by Crippen LogP contribution is 2.31. The van der Waals surface area contributed by atoms with Crippen molar-refractivity contribution in [1.29, 1.82) is 0 Å². The molecule has 2 heterocycles. The Morgan fingerprint density at radius 1 is 0.955 bits per heavy atom. The molecule has 3 aromatic rings. The molecular weight excluding hydrogens is 345 g/mol. The third kappa shape index (κ3) is 4.08. The Bertz CT molecular complexity index is 723. The molecule has 0 unspecified atom stereocenters. The minimum absolute atomic E-state index is 0. The van der Waals surface area contributed by atoms with Crippen molar-refractivity contribution in [2.75, 3.05) is 0 Å². The van der Waals surface area contributed by atoms with Crippen molar-refractivity contribution in [3.63, 3.8) is 0 Å². The first-order valence-electron chi connectivity index (χ1n) is 6.49. The summed E-state index contributed by atoms with van der Waals surface area (Å²) in [6.07, 6.45) is 1.66. The topological polar surface area (TPSA) is 38.3 Å². The van der Waals surface area contributed by atoms with Gasteiger partial charge in [0, 0.05) is 10.6 Å². The van der Waals surface area contributed by atoms with Gasteiger partial charge in [-0.3, -0.25) is 0 Å². The van der Waals surface area contributed by atoms with Crippen molar-refractivity contribution in [2.24, 2.45) is 0 Å². The van der Waals surface area contributed by atoms with Crippen LogP contribution < -0.4 is 17.7 Å². The number of benzene rings is 1. The van der Waals surface area contributed by atoms with E-state index in [2.05, 4.69) is 5.32 Å². The van der Waals surface area contributed by atoms with Gasteiger partial charge in [-0.25, -0.2) is 0 Å². The maximum absolute atomic E-state index is 6.17. The number of furan rings is 2. The van der Waals surface area contributed by atoms with Gasteiger partial charge in [0.25, 0.3) is 0 Å². The van der Waals surface area contributed by atoms with E-state index in [-0.39, 0.29) is 12.4 Å². The summed E-state index contributed by atoms with van der Waals surface area (Å²) in [5.74, 6) is 2.46. The van der Waals surface area contributed by atoms with E-state index in [0.29, 0.717) is 23.1 Å². The smallest absolute Gasteiger partial charge is 0.135 e. The van der Waals surface area contributed by atoms with Crippen molar-refractivity contribution in [3.8, 4) is 11.3 Å². The van der Waals surface area contributed by atoms with Gasteiger partial charge in [0.1, 0.15) is 17.3 Å². The number of halogens is 3. The van der Waals surface area contributed by atoms with E-state index < -0.39 is 0 Å². The lowest BCUT2D eigenvalue weighted by atomic mass is 10.2. The van der Waals surface area contributed by atoms with Crippen LogP contribution in [0, 0.1) is 0 Å². The molecule has 0 aliphatic rings. The van der Waals surface area contributed by atoms with Crippen LogP contribution in [0.4, 0.5) is 0 Å². The van der Waals surface area contributed by atoms with Crippen molar-refractivity contribution >= 4 is 23.2 Å². The SMILES string of the molecule is Clc1ccc(-c2ccc(CNCc3ccco3)o2)c(Cl)c1.[Cl-]. The molecule has 0 spiro atoms. The van der Waals surface area contributed by atoms with Gasteiger partial charge in [0.15, 0.2) is 0 Å². The number of rotatable bonds is 5. The quantitative estimate of drug-likeness (QED) is 0.760. The van der Waals surface area contributed by atoms with Gasteiger partial charge in [-0.2, -0.15) is 0 Å². The van der Waals surface area contributed by atoms with Crippen LogP contribution in [0.2, 0.25) is 10.0 Å². The maximum Gasteiger partial charge on any atom is 0.135 e. The molecule has 0 aliphatic carbocycles. The van der Waals surface area contributed by atoms with Crippen LogP contribution in [-0.2, 0) is 13.1 Å². The Hall–Kier alpha value is -1.39. The molecule has 3 nitrogen and oxygen atoms in total. The predicted octanol–water partition coefficient (Wildman–Crippen LogP) is 2.14. The third-order valence-electron chi connectivity index (χ3n) is 3.04. The zero-order valence-corrected chi connectivity index (χ0v) is 13.8. The zero-order chi connectivity index (χ0) is 14.7. The predicted molar refractivity (Wildman–Crippen MR) is 83.4 cm³/mol. The first-order valence-corrected chi connectivity index (χ1v) is 7.25. The average Bonchev–Trinajstić information content (AvgIpc) is 3.10. The van der Waals surface area contributed by atoms with E-state index in [1.165, 1.54) is 0 Å². The number of hydrogen-bond donors (Lipinski definition) is 1. The fraction of sp³-hybridized carbons (Fsp3) is 0.125. The van der Waals surface area contributed by atoms with Crippen LogP contribution in [0.5, 0.6) is 0 Å². The van der Waals surface area contributed by atoms with Crippen LogP contribution in [0.25, 0.3) is 11.3 Å². The second-order valence-electron chi connectivity index (χ2n) is 4.57. The lowest BCUT2D eigenvalue weighted by Gasteiger charge is -2.02. The Labute approximate surface area is 144 Å². The summed E-state index contributed by atoms with van der Waals surface area (Å²) in [7, 11) is 0. The Kier molecular flexibility index (Phi) is 5.98. The molecule has 0 amide bonds. The van der Waals surface area contributed by atoms with Crippen molar-refractivity contribution in [2.45, 2.75) is 13.1 Å². The van der Waals surface area contributed by atoms with Crippen molar-refractivity contribution in [3.05, 3.63) is 70.3 Å². The number of nitrogens with one attached hydrogen (secondary N) is 1. The molecule has 6 heteroatoms. The second kappa shape index (κ2) is 7.75. The summed E-state index contributed by atoms with van der Waals surface area (Å²) >= 11 is 12.1. The molecular formula is C16H13Cl3NO2-. The minimum Gasteiger partial charge on any atom is -1.00 e. The molecule has 2 aromatic heterocycles. The van der Waals surface area contributed by atoms with Gasteiger partial charge in [-0.1, -0.05) is 23.2 Å². The summed E-state index contributed by atoms with van der Waals surface area (Å²) < 4.78 is 11.0. The van der Waals surface area contributed by atoms with Gasteiger partial charge in [0.05, 0.1) is 24.4 Å². The third-order valence-corrected chi connectivity index (χ3v) is 3.58. The molecule has 0 fully saturated rings. The van der Waals surface area contributed by atoms with E-state index in [0.717, 1.165) is 22.8 Å². The molecule has 0 atom stereocenters. The summed E-state index contributed by atoms with van der Waals surface area (Å²) in [4.78, 5) is 0. The summed E-state index contributed by atoms with van der Waals surface area (Å²) in [5, 5.41) is 4.43. The van der Waals surface area contributed by atoms with Crippen LogP contribution in [0.3, 0.4) is 0 Å². The Balaban J connectivity index is 0.00000176. The van der Waals surface area contributed by atoms with Crippen LogP contribution in [0.1, 0.15) is 11.5 Å². The van der Waals surface area contributed by atoms with Gasteiger partial charge in [0.2, 0.25) is 0 Å². The standard InChI is InChI=1S/C16H13Cl2NO2.ClH/c17-11-3-5-14(15(18)8-11)16-6-4-13(21-16)10-19-9-12-2-1-7-20-12;/h1-8,19H,9-10H2;1H/p-1. The minimum atomic E-state index is 0. The van der Waals surface area contributed by atoms with E-state index >= 15 is 0 Å². The lowest BCUT2D eigenvalue weighted by Crippen LogP contribution is -3.00. The molecule has 0 bridgehead atoms. The molecule has 1 aromatic carbocycles. The highest BCUT2D eigenvalue weighted by Gasteiger charge is 2.09. The Morgan fingerprint density at radius 2 is 1.77 bits per heavy atom. The largest absolute Gasteiger partial charge is 1.00 e. The summed E-state index contributed by atoms with van der Waals surface area (Å²) in [6.45, 7) is 1.27. The van der Waals surface area contributed by atoms with E-state index in [4.69, 9.17) is 32.0 Å². The van der Waals surface area contributed by atoms with Gasteiger partial charge < -0.3 is 26.6 Å². The zero-order valence-electron chi connectivity index (χ0n) is 11.5. The first-order chi connectivity index (χ1) is 10.2. The lowest BCUT2D eigenvalue weighted by molar-refractivity contribution is -0.00000513.